The van der Waals surface area contributed by atoms with Gasteiger partial charge in [0.25, 0.3) is 0 Å². The zero-order valence-corrected chi connectivity index (χ0v) is 12.6. The van der Waals surface area contributed by atoms with E-state index in [4.69, 9.17) is 4.74 Å². The first kappa shape index (κ1) is 13.4. The number of rotatable bonds is 1. The lowest BCUT2D eigenvalue weighted by atomic mass is 10.1. The van der Waals surface area contributed by atoms with Crippen LogP contribution >= 0.6 is 15.9 Å². The Morgan fingerprint density at radius 1 is 1.44 bits per heavy atom. The van der Waals surface area contributed by atoms with Gasteiger partial charge in [-0.2, -0.15) is 0 Å². The maximum atomic E-state index is 12.1. The number of hydrogen-bond acceptors (Lipinski definition) is 2. The van der Waals surface area contributed by atoms with E-state index in [1.807, 2.05) is 20.8 Å². The molecule has 0 saturated heterocycles. The van der Waals surface area contributed by atoms with Crippen molar-refractivity contribution in [2.24, 2.45) is 0 Å². The van der Waals surface area contributed by atoms with Crippen LogP contribution in [0.5, 0.6) is 0 Å². The Bertz CT molecular complexity index is 465. The van der Waals surface area contributed by atoms with E-state index >= 15 is 0 Å². The molecule has 98 valence electrons. The predicted octanol–water partition coefficient (Wildman–Crippen LogP) is 3.88. The molecule has 18 heavy (non-hydrogen) atoms. The van der Waals surface area contributed by atoms with E-state index in [0.29, 0.717) is 6.54 Å². The molecule has 0 radical (unpaired) electrons. The van der Waals surface area contributed by atoms with Gasteiger partial charge >= 0.3 is 6.09 Å². The molecule has 1 aliphatic rings. The molecule has 0 unspecified atom stereocenters. The largest absolute Gasteiger partial charge is 0.443 e. The Balaban J connectivity index is 2.22. The second-order valence-electron chi connectivity index (χ2n) is 5.48. The number of carbonyl (C=O) groups excluding carboxylic acids is 1. The van der Waals surface area contributed by atoms with E-state index in [2.05, 4.69) is 34.1 Å². The standard InChI is InChI=1S/C14H18BrNO2/c1-14(2,3)18-13(17)16-7-6-11-5-4-10(9-15)8-12(11)16/h4-5,8H,6-7,9H2,1-3H3. The van der Waals surface area contributed by atoms with Gasteiger partial charge in [0.2, 0.25) is 0 Å². The molecule has 0 aromatic heterocycles. The van der Waals surface area contributed by atoms with Crippen LogP contribution in [0.25, 0.3) is 0 Å². The lowest BCUT2D eigenvalue weighted by molar-refractivity contribution is 0.0584. The van der Waals surface area contributed by atoms with Crippen LogP contribution in [-0.2, 0) is 16.5 Å². The van der Waals surface area contributed by atoms with Crippen molar-refractivity contribution in [1.82, 2.24) is 0 Å². The van der Waals surface area contributed by atoms with Gasteiger partial charge < -0.3 is 4.74 Å². The van der Waals surface area contributed by atoms with Crippen molar-refractivity contribution in [2.75, 3.05) is 11.4 Å². The molecule has 0 spiro atoms. The van der Waals surface area contributed by atoms with Gasteiger partial charge in [-0.1, -0.05) is 28.1 Å². The minimum Gasteiger partial charge on any atom is -0.443 e. The zero-order chi connectivity index (χ0) is 13.3. The number of nitrogens with zero attached hydrogens (tertiary/aromatic N) is 1. The van der Waals surface area contributed by atoms with Crippen LogP contribution in [0.3, 0.4) is 0 Å². The van der Waals surface area contributed by atoms with Gasteiger partial charge in [0, 0.05) is 11.9 Å². The number of alkyl halides is 1. The van der Waals surface area contributed by atoms with Crippen molar-refractivity contribution in [3.63, 3.8) is 0 Å². The lowest BCUT2D eigenvalue weighted by Gasteiger charge is -2.25. The van der Waals surface area contributed by atoms with Gasteiger partial charge in [-0.05, 0) is 44.4 Å². The first-order valence-corrected chi connectivity index (χ1v) is 7.21. The van der Waals surface area contributed by atoms with Crippen LogP contribution < -0.4 is 4.90 Å². The molecule has 1 heterocycles. The van der Waals surface area contributed by atoms with E-state index in [-0.39, 0.29) is 6.09 Å². The normalized spacial score (nSPS) is 14.6. The molecule has 1 amide bonds. The van der Waals surface area contributed by atoms with Crippen molar-refractivity contribution in [2.45, 2.75) is 38.1 Å². The summed E-state index contributed by atoms with van der Waals surface area (Å²) in [5, 5.41) is 0.794. The van der Waals surface area contributed by atoms with E-state index in [1.165, 1.54) is 11.1 Å². The molecular weight excluding hydrogens is 294 g/mol. The highest BCUT2D eigenvalue weighted by Crippen LogP contribution is 2.30. The molecule has 0 fully saturated rings. The number of hydrogen-bond donors (Lipinski definition) is 0. The molecule has 0 N–H and O–H groups in total. The minimum absolute atomic E-state index is 0.257. The average molecular weight is 312 g/mol. The smallest absolute Gasteiger partial charge is 0.414 e. The molecule has 2 rings (SSSR count). The summed E-state index contributed by atoms with van der Waals surface area (Å²) in [6.07, 6.45) is 0.643. The quantitative estimate of drug-likeness (QED) is 0.737. The fourth-order valence-electron chi connectivity index (χ4n) is 2.01. The fourth-order valence-corrected chi connectivity index (χ4v) is 2.36. The van der Waals surface area contributed by atoms with Gasteiger partial charge in [0.15, 0.2) is 0 Å². The Morgan fingerprint density at radius 2 is 2.17 bits per heavy atom. The van der Waals surface area contributed by atoms with Gasteiger partial charge in [0.05, 0.1) is 5.69 Å². The van der Waals surface area contributed by atoms with Gasteiger partial charge in [-0.3, -0.25) is 4.90 Å². The van der Waals surface area contributed by atoms with E-state index < -0.39 is 5.60 Å². The second kappa shape index (κ2) is 4.92. The van der Waals surface area contributed by atoms with Gasteiger partial charge in [-0.25, -0.2) is 4.79 Å². The molecule has 1 aromatic carbocycles. The monoisotopic (exact) mass is 311 g/mol. The molecule has 0 bridgehead atoms. The molecule has 0 aliphatic carbocycles. The highest BCUT2D eigenvalue weighted by atomic mass is 79.9. The van der Waals surface area contributed by atoms with E-state index in [9.17, 15) is 4.79 Å². The number of carbonyl (C=O) groups is 1. The van der Waals surface area contributed by atoms with E-state index in [1.54, 1.807) is 4.90 Å². The summed E-state index contributed by atoms with van der Waals surface area (Å²) in [6, 6.07) is 6.24. The molecule has 0 atom stereocenters. The van der Waals surface area contributed by atoms with Crippen LogP contribution in [0.15, 0.2) is 18.2 Å². The Morgan fingerprint density at radius 3 is 2.78 bits per heavy atom. The van der Waals surface area contributed by atoms with Crippen LogP contribution in [-0.4, -0.2) is 18.2 Å². The number of anilines is 1. The van der Waals surface area contributed by atoms with Gasteiger partial charge in [-0.15, -0.1) is 0 Å². The van der Waals surface area contributed by atoms with E-state index in [0.717, 1.165) is 17.4 Å². The highest BCUT2D eigenvalue weighted by Gasteiger charge is 2.28. The second-order valence-corrected chi connectivity index (χ2v) is 6.04. The Hall–Kier alpha value is -1.03. The SMILES string of the molecule is CC(C)(C)OC(=O)N1CCc2ccc(CBr)cc21. The summed E-state index contributed by atoms with van der Waals surface area (Å²) in [6.45, 7) is 6.36. The van der Waals surface area contributed by atoms with Gasteiger partial charge in [0.1, 0.15) is 5.60 Å². The third-order valence-corrected chi connectivity index (χ3v) is 3.46. The van der Waals surface area contributed by atoms with Crippen LogP contribution in [0.2, 0.25) is 0 Å². The lowest BCUT2D eigenvalue weighted by Crippen LogP contribution is -2.35. The molecule has 1 aliphatic heterocycles. The average Bonchev–Trinajstić information content (AvgIpc) is 2.69. The molecule has 1 aromatic rings. The summed E-state index contributed by atoms with van der Waals surface area (Å²) in [4.78, 5) is 13.8. The first-order valence-electron chi connectivity index (χ1n) is 6.09. The fraction of sp³-hybridized carbons (Fsp3) is 0.500. The van der Waals surface area contributed by atoms with Crippen LogP contribution in [0.1, 0.15) is 31.9 Å². The summed E-state index contributed by atoms with van der Waals surface area (Å²) in [7, 11) is 0. The molecular formula is C14H18BrNO2. The Kier molecular flexibility index (Phi) is 3.66. The molecule has 4 heteroatoms. The highest BCUT2D eigenvalue weighted by molar-refractivity contribution is 9.08. The van der Waals surface area contributed by atoms with Crippen LogP contribution in [0.4, 0.5) is 10.5 Å². The summed E-state index contributed by atoms with van der Waals surface area (Å²) < 4.78 is 5.43. The predicted molar refractivity (Wildman–Crippen MR) is 76.4 cm³/mol. The maximum absolute atomic E-state index is 12.1. The minimum atomic E-state index is -0.452. The molecule has 3 nitrogen and oxygen atoms in total. The Labute approximate surface area is 116 Å². The number of amides is 1. The number of benzene rings is 1. The van der Waals surface area contributed by atoms with Crippen LogP contribution in [0, 0.1) is 0 Å². The number of ether oxygens (including phenoxy) is 1. The first-order chi connectivity index (χ1) is 8.40. The number of fused-ring (bicyclic) bond motifs is 1. The van der Waals surface area contributed by atoms with Crippen molar-refractivity contribution in [1.29, 1.82) is 0 Å². The van der Waals surface area contributed by atoms with Crippen molar-refractivity contribution < 1.29 is 9.53 Å². The zero-order valence-electron chi connectivity index (χ0n) is 11.0. The molecule has 0 saturated carbocycles. The summed E-state index contributed by atoms with van der Waals surface area (Å²) in [5.74, 6) is 0. The third kappa shape index (κ3) is 2.86. The number of halogens is 1. The summed E-state index contributed by atoms with van der Waals surface area (Å²) >= 11 is 3.44. The van der Waals surface area contributed by atoms with Crippen molar-refractivity contribution in [3.8, 4) is 0 Å². The topological polar surface area (TPSA) is 29.5 Å². The summed E-state index contributed by atoms with van der Waals surface area (Å²) in [5.41, 5.74) is 2.92. The van der Waals surface area contributed by atoms with Crippen molar-refractivity contribution >= 4 is 27.7 Å². The maximum Gasteiger partial charge on any atom is 0.414 e. The van der Waals surface area contributed by atoms with Crippen molar-refractivity contribution in [3.05, 3.63) is 29.3 Å². The third-order valence-electron chi connectivity index (χ3n) is 2.81.